The van der Waals surface area contributed by atoms with Gasteiger partial charge >= 0.3 is 0 Å². The van der Waals surface area contributed by atoms with Crippen molar-refractivity contribution in [2.45, 2.75) is 32.6 Å². The van der Waals surface area contributed by atoms with E-state index >= 15 is 0 Å². The molecule has 0 saturated heterocycles. The van der Waals surface area contributed by atoms with Gasteiger partial charge in [-0.3, -0.25) is 0 Å². The van der Waals surface area contributed by atoms with Gasteiger partial charge in [-0.15, -0.1) is 16.7 Å². The molecule has 0 aliphatic carbocycles. The minimum atomic E-state index is -0.463. The van der Waals surface area contributed by atoms with Crippen LogP contribution in [0.5, 0.6) is 0 Å². The highest BCUT2D eigenvalue weighted by molar-refractivity contribution is 6.18. The van der Waals surface area contributed by atoms with Crippen molar-refractivity contribution < 1.29 is 0 Å². The van der Waals surface area contributed by atoms with E-state index in [1.54, 1.807) is 0 Å². The number of nitriles is 1. The van der Waals surface area contributed by atoms with E-state index in [1.165, 1.54) is 0 Å². The van der Waals surface area contributed by atoms with Gasteiger partial charge in [0.25, 0.3) is 0 Å². The lowest BCUT2D eigenvalue weighted by Crippen LogP contribution is -2.11. The van der Waals surface area contributed by atoms with Gasteiger partial charge in [0.1, 0.15) is 5.92 Å². The topological polar surface area (TPSA) is 62.5 Å². The van der Waals surface area contributed by atoms with E-state index in [4.69, 9.17) is 16.9 Å². The van der Waals surface area contributed by atoms with Crippen molar-refractivity contribution in [2.24, 2.45) is 0 Å². The van der Waals surface area contributed by atoms with Crippen LogP contribution in [0.15, 0.2) is 0 Å². The third-order valence-corrected chi connectivity index (χ3v) is 2.46. The van der Waals surface area contributed by atoms with Crippen LogP contribution in [0.1, 0.15) is 37.0 Å². The summed E-state index contributed by atoms with van der Waals surface area (Å²) in [6.45, 7) is 4.02. The first kappa shape index (κ1) is 11.9. The van der Waals surface area contributed by atoms with Crippen molar-refractivity contribution in [1.82, 2.24) is 15.2 Å². The largest absolute Gasteiger partial charge is 0.233 e. The first-order valence-corrected chi connectivity index (χ1v) is 5.48. The van der Waals surface area contributed by atoms with Gasteiger partial charge in [0.15, 0.2) is 5.82 Å². The fourth-order valence-electron chi connectivity index (χ4n) is 1.26. The summed E-state index contributed by atoms with van der Waals surface area (Å²) in [5.74, 6) is 0.171. The van der Waals surface area contributed by atoms with Gasteiger partial charge in [0.2, 0.25) is 0 Å². The van der Waals surface area contributed by atoms with Crippen molar-refractivity contribution in [3.05, 3.63) is 17.2 Å². The maximum atomic E-state index is 8.83. The molecule has 1 aromatic rings. The molecule has 1 aromatic heterocycles. The molecule has 0 saturated carbocycles. The van der Waals surface area contributed by atoms with Crippen LogP contribution in [0, 0.1) is 11.3 Å². The Morgan fingerprint density at radius 1 is 1.27 bits per heavy atom. The highest BCUT2D eigenvalue weighted by Crippen LogP contribution is 2.13. The van der Waals surface area contributed by atoms with Crippen molar-refractivity contribution >= 4 is 11.6 Å². The van der Waals surface area contributed by atoms with Crippen LogP contribution in [-0.2, 0) is 12.8 Å². The van der Waals surface area contributed by atoms with E-state index in [0.29, 0.717) is 5.82 Å². The molecule has 4 nitrogen and oxygen atoms in total. The molecule has 80 valence electrons. The first-order valence-electron chi connectivity index (χ1n) is 4.94. The molecule has 0 fully saturated rings. The van der Waals surface area contributed by atoms with E-state index in [0.717, 1.165) is 24.2 Å². The van der Waals surface area contributed by atoms with Crippen molar-refractivity contribution in [3.8, 4) is 6.07 Å². The zero-order chi connectivity index (χ0) is 11.3. The van der Waals surface area contributed by atoms with Gasteiger partial charge in [0.05, 0.1) is 17.5 Å². The molecule has 0 amide bonds. The summed E-state index contributed by atoms with van der Waals surface area (Å²) in [7, 11) is 0. The van der Waals surface area contributed by atoms with E-state index in [1.807, 2.05) is 13.8 Å². The monoisotopic (exact) mass is 224 g/mol. The third kappa shape index (κ3) is 2.63. The molecule has 15 heavy (non-hydrogen) atoms. The molecule has 0 aliphatic rings. The van der Waals surface area contributed by atoms with Crippen molar-refractivity contribution in [3.63, 3.8) is 0 Å². The average molecular weight is 225 g/mol. The van der Waals surface area contributed by atoms with Gasteiger partial charge in [-0.2, -0.15) is 10.4 Å². The highest BCUT2D eigenvalue weighted by atomic mass is 35.5. The maximum absolute atomic E-state index is 8.83. The Morgan fingerprint density at radius 3 is 2.40 bits per heavy atom. The fraction of sp³-hybridized carbons (Fsp3) is 0.600. The molecule has 0 N–H and O–H groups in total. The number of hydrogen-bond donors (Lipinski definition) is 0. The molecular formula is C10H13ClN4. The highest BCUT2D eigenvalue weighted by Gasteiger charge is 2.15. The molecular weight excluding hydrogens is 212 g/mol. The Balaban J connectivity index is 3.08. The summed E-state index contributed by atoms with van der Waals surface area (Å²) in [6.07, 6.45) is 1.60. The standard InChI is InChI=1S/C10H13ClN4/c1-3-8-9(4-2)14-15-10(13-8)7(5-11)6-12/h7H,3-5H2,1-2H3. The quantitative estimate of drug-likeness (QED) is 0.733. The van der Waals surface area contributed by atoms with Gasteiger partial charge in [-0.05, 0) is 12.8 Å². The number of aryl methyl sites for hydroxylation is 2. The molecule has 0 radical (unpaired) electrons. The Kier molecular flexibility index (Phi) is 4.44. The van der Waals surface area contributed by atoms with Crippen LogP contribution in [0.3, 0.4) is 0 Å². The number of rotatable bonds is 4. The van der Waals surface area contributed by atoms with Gasteiger partial charge in [-0.1, -0.05) is 13.8 Å². The number of halogens is 1. The van der Waals surface area contributed by atoms with Crippen LogP contribution >= 0.6 is 11.6 Å². The minimum Gasteiger partial charge on any atom is -0.233 e. The predicted octanol–water partition coefficient (Wildman–Crippen LogP) is 1.84. The number of nitrogens with zero attached hydrogens (tertiary/aromatic N) is 4. The van der Waals surface area contributed by atoms with E-state index in [2.05, 4.69) is 21.3 Å². The van der Waals surface area contributed by atoms with E-state index in [-0.39, 0.29) is 5.88 Å². The summed E-state index contributed by atoms with van der Waals surface area (Å²) >= 11 is 5.64. The molecule has 1 atom stereocenters. The minimum absolute atomic E-state index is 0.201. The molecule has 0 bridgehead atoms. The molecule has 0 aliphatic heterocycles. The van der Waals surface area contributed by atoms with Crippen LogP contribution in [0.4, 0.5) is 0 Å². The summed E-state index contributed by atoms with van der Waals surface area (Å²) in [4.78, 5) is 4.32. The summed E-state index contributed by atoms with van der Waals surface area (Å²) in [5, 5.41) is 16.8. The lowest BCUT2D eigenvalue weighted by Gasteiger charge is -2.07. The van der Waals surface area contributed by atoms with Crippen LogP contribution in [0.2, 0.25) is 0 Å². The fourth-order valence-corrected chi connectivity index (χ4v) is 1.47. The number of alkyl halides is 1. The normalized spacial score (nSPS) is 12.1. The summed E-state index contributed by atoms with van der Waals surface area (Å²) < 4.78 is 0. The molecule has 1 rings (SSSR count). The van der Waals surface area contributed by atoms with Gasteiger partial charge in [-0.25, -0.2) is 4.98 Å². The van der Waals surface area contributed by atoms with Crippen molar-refractivity contribution in [1.29, 1.82) is 5.26 Å². The lowest BCUT2D eigenvalue weighted by molar-refractivity contribution is 0.736. The van der Waals surface area contributed by atoms with Crippen LogP contribution in [0.25, 0.3) is 0 Å². The van der Waals surface area contributed by atoms with Gasteiger partial charge in [0, 0.05) is 5.88 Å². The second-order valence-electron chi connectivity index (χ2n) is 3.11. The SMILES string of the molecule is CCc1nnc(C(C#N)CCl)nc1CC. The number of hydrogen-bond acceptors (Lipinski definition) is 4. The zero-order valence-electron chi connectivity index (χ0n) is 8.87. The molecule has 0 aromatic carbocycles. The Labute approximate surface area is 94.3 Å². The molecule has 1 heterocycles. The molecule has 0 spiro atoms. The van der Waals surface area contributed by atoms with Crippen LogP contribution < -0.4 is 0 Å². The Morgan fingerprint density at radius 2 is 1.93 bits per heavy atom. The third-order valence-electron chi connectivity index (χ3n) is 2.15. The predicted molar refractivity (Wildman–Crippen MR) is 57.7 cm³/mol. The number of aromatic nitrogens is 3. The Bertz CT molecular complexity index is 372. The average Bonchev–Trinajstić information content (AvgIpc) is 2.30. The maximum Gasteiger partial charge on any atom is 0.169 e. The molecule has 5 heteroatoms. The molecule has 1 unspecified atom stereocenters. The van der Waals surface area contributed by atoms with E-state index < -0.39 is 5.92 Å². The Hall–Kier alpha value is -1.21. The first-order chi connectivity index (χ1) is 7.26. The smallest absolute Gasteiger partial charge is 0.169 e. The summed E-state index contributed by atoms with van der Waals surface area (Å²) in [5.41, 5.74) is 1.81. The zero-order valence-corrected chi connectivity index (χ0v) is 9.62. The van der Waals surface area contributed by atoms with Gasteiger partial charge < -0.3 is 0 Å². The van der Waals surface area contributed by atoms with Crippen LogP contribution in [-0.4, -0.2) is 21.1 Å². The lowest BCUT2D eigenvalue weighted by atomic mass is 10.1. The summed E-state index contributed by atoms with van der Waals surface area (Å²) in [6, 6.07) is 2.06. The second-order valence-corrected chi connectivity index (χ2v) is 3.42. The second kappa shape index (κ2) is 5.62. The van der Waals surface area contributed by atoms with Crippen molar-refractivity contribution in [2.75, 3.05) is 5.88 Å². The van der Waals surface area contributed by atoms with E-state index in [9.17, 15) is 0 Å².